The van der Waals surface area contributed by atoms with Gasteiger partial charge in [-0.2, -0.15) is 0 Å². The summed E-state index contributed by atoms with van der Waals surface area (Å²) in [6.45, 7) is 3.68. The van der Waals surface area contributed by atoms with Crippen molar-refractivity contribution in [3.63, 3.8) is 0 Å². The van der Waals surface area contributed by atoms with Crippen molar-refractivity contribution < 1.29 is 14.7 Å². The third-order valence-corrected chi connectivity index (χ3v) is 7.22. The quantitative estimate of drug-likeness (QED) is 0.777. The van der Waals surface area contributed by atoms with Crippen LogP contribution in [0.5, 0.6) is 0 Å². The molecule has 6 heteroatoms. The monoisotopic (exact) mass is 424 g/mol. The third-order valence-electron chi connectivity index (χ3n) is 6.96. The molecule has 1 amide bonds. The average Bonchev–Trinajstić information content (AvgIpc) is 3.46. The number of carboxylic acids is 1. The molecule has 0 aromatic heterocycles. The topological polar surface area (TPSA) is 60.9 Å². The molecule has 1 saturated heterocycles. The Morgan fingerprint density at radius 3 is 2.50 bits per heavy atom. The summed E-state index contributed by atoms with van der Waals surface area (Å²) >= 11 is 6.05. The van der Waals surface area contributed by atoms with E-state index >= 15 is 0 Å². The molecular weight excluding hydrogens is 400 g/mol. The van der Waals surface area contributed by atoms with Crippen molar-refractivity contribution in [1.29, 1.82) is 0 Å². The Morgan fingerprint density at radius 2 is 1.80 bits per heavy atom. The highest BCUT2D eigenvalue weighted by Crippen LogP contribution is 2.66. The van der Waals surface area contributed by atoms with Crippen LogP contribution in [0.3, 0.4) is 0 Å². The summed E-state index contributed by atoms with van der Waals surface area (Å²) < 4.78 is 0. The van der Waals surface area contributed by atoms with Crippen molar-refractivity contribution >= 4 is 29.2 Å². The number of benzene rings is 2. The molecule has 2 fully saturated rings. The Balaban J connectivity index is 1.48. The molecule has 3 aliphatic rings. The number of amides is 1. The van der Waals surface area contributed by atoms with Gasteiger partial charge in [0.05, 0.1) is 11.0 Å². The molecule has 2 heterocycles. The molecule has 0 unspecified atom stereocenters. The third kappa shape index (κ3) is 3.12. The van der Waals surface area contributed by atoms with Crippen molar-refractivity contribution in [2.75, 3.05) is 31.1 Å². The number of nitrogens with zero attached hydrogens (tertiary/aromatic N) is 2. The summed E-state index contributed by atoms with van der Waals surface area (Å²) in [6.07, 6.45) is 4.43. The molecule has 2 aliphatic heterocycles. The average molecular weight is 425 g/mol. The van der Waals surface area contributed by atoms with E-state index < -0.39 is 11.4 Å². The lowest BCUT2D eigenvalue weighted by atomic mass is 9.91. The van der Waals surface area contributed by atoms with Crippen molar-refractivity contribution in [2.45, 2.75) is 37.0 Å². The molecule has 0 bridgehead atoms. The molecular formula is C24H25ClN2O3. The highest BCUT2D eigenvalue weighted by molar-refractivity contribution is 6.30. The van der Waals surface area contributed by atoms with Crippen LogP contribution in [0, 0.1) is 0 Å². The number of likely N-dealkylation sites (tertiary alicyclic amines) is 1. The van der Waals surface area contributed by atoms with Crippen molar-refractivity contribution in [3.05, 3.63) is 64.2 Å². The fraction of sp³-hybridized carbons (Fsp3) is 0.417. The van der Waals surface area contributed by atoms with Gasteiger partial charge in [-0.3, -0.25) is 4.79 Å². The van der Waals surface area contributed by atoms with Crippen molar-refractivity contribution in [1.82, 2.24) is 4.90 Å². The fourth-order valence-electron chi connectivity index (χ4n) is 5.27. The van der Waals surface area contributed by atoms with E-state index in [4.69, 9.17) is 11.6 Å². The number of piperidine rings is 1. The summed E-state index contributed by atoms with van der Waals surface area (Å²) in [5.74, 6) is -0.794. The Labute approximate surface area is 181 Å². The van der Waals surface area contributed by atoms with Gasteiger partial charge in [-0.05, 0) is 73.8 Å². The van der Waals surface area contributed by atoms with Crippen LogP contribution in [0.25, 0.3) is 0 Å². The second kappa shape index (κ2) is 7.40. The Morgan fingerprint density at radius 1 is 1.07 bits per heavy atom. The maximum absolute atomic E-state index is 13.7. The summed E-state index contributed by atoms with van der Waals surface area (Å²) in [5, 5.41) is 10.2. The van der Waals surface area contributed by atoms with Crippen LogP contribution >= 0.6 is 11.6 Å². The molecule has 1 spiro atoms. The minimum atomic E-state index is -0.962. The molecule has 2 atom stereocenters. The number of aromatic carboxylic acids is 1. The predicted molar refractivity (Wildman–Crippen MR) is 117 cm³/mol. The normalized spacial score (nSPS) is 25.6. The summed E-state index contributed by atoms with van der Waals surface area (Å²) in [7, 11) is 0. The zero-order chi connectivity index (χ0) is 20.9. The minimum absolute atomic E-state index is 0.0602. The largest absolute Gasteiger partial charge is 0.478 e. The lowest BCUT2D eigenvalue weighted by Gasteiger charge is -2.29. The summed E-state index contributed by atoms with van der Waals surface area (Å²) in [6, 6.07) is 12.8. The van der Waals surface area contributed by atoms with Gasteiger partial charge >= 0.3 is 5.97 Å². The van der Waals surface area contributed by atoms with Gasteiger partial charge in [0.2, 0.25) is 5.91 Å². The number of anilines is 1. The lowest BCUT2D eigenvalue weighted by Crippen LogP contribution is -2.41. The molecule has 5 nitrogen and oxygen atoms in total. The van der Waals surface area contributed by atoms with Gasteiger partial charge < -0.3 is 14.9 Å². The van der Waals surface area contributed by atoms with E-state index in [0.717, 1.165) is 36.4 Å². The smallest absolute Gasteiger partial charge is 0.335 e. The second-order valence-electron chi connectivity index (χ2n) is 8.68. The molecule has 1 N–H and O–H groups in total. The molecule has 2 aromatic carbocycles. The van der Waals surface area contributed by atoms with E-state index in [-0.39, 0.29) is 17.4 Å². The summed E-state index contributed by atoms with van der Waals surface area (Å²) in [4.78, 5) is 29.6. The molecule has 156 valence electrons. The van der Waals surface area contributed by atoms with Crippen molar-refractivity contribution in [2.24, 2.45) is 0 Å². The molecule has 5 rings (SSSR count). The van der Waals surface area contributed by atoms with E-state index in [1.807, 2.05) is 35.2 Å². The SMILES string of the molecule is O=C(O)c1ccc2c(c1)[C@]1(C[C@H]1c1ccc(Cl)cc1)C(=O)N2CCN1CCCCC1. The van der Waals surface area contributed by atoms with Crippen LogP contribution in [0.15, 0.2) is 42.5 Å². The van der Waals surface area contributed by atoms with Crippen LogP contribution in [0.4, 0.5) is 5.69 Å². The molecule has 1 aliphatic carbocycles. The number of halogens is 1. The predicted octanol–water partition coefficient (Wildman–Crippen LogP) is 4.30. The number of hydrogen-bond donors (Lipinski definition) is 1. The van der Waals surface area contributed by atoms with Gasteiger partial charge in [0.1, 0.15) is 0 Å². The van der Waals surface area contributed by atoms with Crippen LogP contribution < -0.4 is 4.90 Å². The maximum atomic E-state index is 13.7. The van der Waals surface area contributed by atoms with Crippen LogP contribution in [0.2, 0.25) is 5.02 Å². The Kier molecular flexibility index (Phi) is 4.83. The van der Waals surface area contributed by atoms with Gasteiger partial charge in [0.15, 0.2) is 0 Å². The van der Waals surface area contributed by atoms with Crippen LogP contribution in [0.1, 0.15) is 53.1 Å². The lowest BCUT2D eigenvalue weighted by molar-refractivity contribution is -0.120. The van der Waals surface area contributed by atoms with Gasteiger partial charge in [0.25, 0.3) is 0 Å². The summed E-state index contributed by atoms with van der Waals surface area (Å²) in [5.41, 5.74) is 2.42. The standard InChI is InChI=1S/C24H25ClN2O3/c25-18-7-4-16(5-8-18)20-15-24(20)19-14-17(22(28)29)6-9-21(19)27(23(24)30)13-12-26-10-2-1-3-11-26/h4-9,14,20H,1-3,10-13,15H2,(H,28,29)/t20-,24-/m0/s1. The zero-order valence-electron chi connectivity index (χ0n) is 16.8. The first-order chi connectivity index (χ1) is 14.5. The first-order valence-electron chi connectivity index (χ1n) is 10.7. The number of hydrogen-bond acceptors (Lipinski definition) is 3. The Hall–Kier alpha value is -2.37. The molecule has 1 saturated carbocycles. The number of carbonyl (C=O) groups excluding carboxylic acids is 1. The van der Waals surface area contributed by atoms with Crippen LogP contribution in [-0.4, -0.2) is 48.1 Å². The van der Waals surface area contributed by atoms with Crippen LogP contribution in [-0.2, 0) is 10.2 Å². The highest BCUT2D eigenvalue weighted by atomic mass is 35.5. The van der Waals surface area contributed by atoms with Gasteiger partial charge in [-0.25, -0.2) is 4.79 Å². The number of fused-ring (bicyclic) bond motifs is 2. The first-order valence-corrected chi connectivity index (χ1v) is 11.1. The Bertz CT molecular complexity index is 1000. The number of carbonyl (C=O) groups is 2. The van der Waals surface area contributed by atoms with Crippen molar-refractivity contribution in [3.8, 4) is 0 Å². The number of rotatable bonds is 5. The minimum Gasteiger partial charge on any atom is -0.478 e. The van der Waals surface area contributed by atoms with Gasteiger partial charge in [-0.15, -0.1) is 0 Å². The van der Waals surface area contributed by atoms with E-state index in [9.17, 15) is 14.7 Å². The fourth-order valence-corrected chi connectivity index (χ4v) is 5.39. The molecule has 30 heavy (non-hydrogen) atoms. The second-order valence-corrected chi connectivity index (χ2v) is 9.11. The number of carboxylic acid groups (broad SMARTS) is 1. The van der Waals surface area contributed by atoms with E-state index in [1.54, 1.807) is 12.1 Å². The van der Waals surface area contributed by atoms with E-state index in [0.29, 0.717) is 18.0 Å². The first kappa shape index (κ1) is 19.6. The zero-order valence-corrected chi connectivity index (χ0v) is 17.6. The highest BCUT2D eigenvalue weighted by Gasteiger charge is 2.67. The van der Waals surface area contributed by atoms with Gasteiger partial charge in [0, 0.05) is 29.7 Å². The maximum Gasteiger partial charge on any atom is 0.335 e. The van der Waals surface area contributed by atoms with Gasteiger partial charge in [-0.1, -0.05) is 30.2 Å². The van der Waals surface area contributed by atoms with E-state index in [1.165, 1.54) is 19.3 Å². The van der Waals surface area contributed by atoms with E-state index in [2.05, 4.69) is 4.90 Å². The molecule has 0 radical (unpaired) electrons. The molecule has 2 aromatic rings.